The number of nitrogens with two attached hydrogens (primary N) is 1. The minimum atomic E-state index is -1.05. The topological polar surface area (TPSA) is 72.5 Å². The zero-order valence-corrected chi connectivity index (χ0v) is 16.1. The van der Waals surface area contributed by atoms with E-state index in [9.17, 15) is 9.90 Å². The Labute approximate surface area is 149 Å². The fourth-order valence-electron chi connectivity index (χ4n) is 2.22. The lowest BCUT2D eigenvalue weighted by Crippen LogP contribution is -2.31. The number of ether oxygens (including phenoxy) is 1. The largest absolute Gasteiger partial charge is 0.478 e. The van der Waals surface area contributed by atoms with Gasteiger partial charge in [0.25, 0.3) is 0 Å². The van der Waals surface area contributed by atoms with Gasteiger partial charge >= 0.3 is 5.97 Å². The maximum absolute atomic E-state index is 11.5. The summed E-state index contributed by atoms with van der Waals surface area (Å²) in [5, 5.41) is 9.39. The van der Waals surface area contributed by atoms with Crippen LogP contribution < -0.4 is 5.73 Å². The first-order chi connectivity index (χ1) is 9.87. The average molecular weight is 486 g/mol. The highest BCUT2D eigenvalue weighted by Crippen LogP contribution is 2.42. The van der Waals surface area contributed by atoms with Crippen LogP contribution in [0.5, 0.6) is 0 Å². The molecule has 116 valence electrons. The van der Waals surface area contributed by atoms with E-state index < -0.39 is 5.97 Å². The smallest absolute Gasteiger partial charge is 0.336 e. The van der Waals surface area contributed by atoms with Gasteiger partial charge < -0.3 is 15.6 Å². The van der Waals surface area contributed by atoms with E-state index in [1.807, 2.05) is 6.08 Å². The van der Waals surface area contributed by atoms with Crippen molar-refractivity contribution in [2.45, 2.75) is 17.4 Å². The number of halogens is 3. The average Bonchev–Trinajstić information content (AvgIpc) is 2.44. The van der Waals surface area contributed by atoms with Crippen LogP contribution in [0.15, 0.2) is 45.0 Å². The molecule has 0 radical (unpaired) electrons. The van der Waals surface area contributed by atoms with E-state index in [-0.39, 0.29) is 22.4 Å². The molecule has 0 spiro atoms. The van der Waals surface area contributed by atoms with Crippen molar-refractivity contribution >= 4 is 53.8 Å². The fraction of sp³-hybridized carbons (Fsp3) is 0.357. The van der Waals surface area contributed by atoms with Gasteiger partial charge in [-0.15, -0.1) is 0 Å². The van der Waals surface area contributed by atoms with Crippen LogP contribution in [-0.4, -0.2) is 29.1 Å². The van der Waals surface area contributed by atoms with Gasteiger partial charge in [-0.1, -0.05) is 50.6 Å². The van der Waals surface area contributed by atoms with E-state index in [0.29, 0.717) is 16.5 Å². The lowest BCUT2D eigenvalue weighted by Gasteiger charge is -2.32. The molecule has 1 aliphatic carbocycles. The van der Waals surface area contributed by atoms with Gasteiger partial charge in [0.15, 0.2) is 0 Å². The van der Waals surface area contributed by atoms with Gasteiger partial charge in [-0.2, -0.15) is 0 Å². The summed E-state index contributed by atoms with van der Waals surface area (Å²) in [7, 11) is 1.63. The first-order valence-corrected chi connectivity index (χ1v) is 8.59. The summed E-state index contributed by atoms with van der Waals surface area (Å²) < 4.78 is 6.85. The molecule has 1 unspecified atom stereocenters. The third-order valence-corrected chi connectivity index (χ3v) is 5.62. The molecule has 0 aromatic carbocycles. The Morgan fingerprint density at radius 2 is 2.24 bits per heavy atom. The second-order valence-corrected chi connectivity index (χ2v) is 7.24. The molecule has 0 saturated heterocycles. The summed E-state index contributed by atoms with van der Waals surface area (Å²) >= 11 is 10.4. The Balaban J connectivity index is 3.44. The Morgan fingerprint density at radius 3 is 2.67 bits per heavy atom. The Hall–Kier alpha value is -0.370. The number of aliphatic carboxylic acids is 1. The first-order valence-electron chi connectivity index (χ1n) is 6.09. The molecule has 3 N–H and O–H groups in total. The van der Waals surface area contributed by atoms with Crippen LogP contribution in [0.1, 0.15) is 6.42 Å². The molecule has 1 aliphatic rings. The standard InChI is InChI=1S/C14H16Br3NO3/c1-3-7(14(19)20)13(11(17)6-18)8-4-12(21-2)10(16)5-9(8)15/h3,5-6,8,10,12H,1,4,18H2,2H3,(H,19,20)/b11-6+,13-7+/t8-,10-,12?/m1/s1. The predicted octanol–water partition coefficient (Wildman–Crippen LogP) is 3.83. The van der Waals surface area contributed by atoms with Crippen molar-refractivity contribution in [1.29, 1.82) is 0 Å². The summed E-state index contributed by atoms with van der Waals surface area (Å²) in [5.74, 6) is -1.23. The highest BCUT2D eigenvalue weighted by Gasteiger charge is 2.34. The molecular formula is C14H16Br3NO3. The Morgan fingerprint density at radius 1 is 1.62 bits per heavy atom. The van der Waals surface area contributed by atoms with E-state index >= 15 is 0 Å². The predicted molar refractivity (Wildman–Crippen MR) is 94.7 cm³/mol. The van der Waals surface area contributed by atoms with Crippen molar-refractivity contribution < 1.29 is 14.6 Å². The van der Waals surface area contributed by atoms with Gasteiger partial charge in [-0.3, -0.25) is 0 Å². The van der Waals surface area contributed by atoms with Crippen molar-refractivity contribution in [3.05, 3.63) is 45.0 Å². The molecule has 0 fully saturated rings. The zero-order chi connectivity index (χ0) is 16.2. The molecule has 0 saturated carbocycles. The normalized spacial score (nSPS) is 27.7. The van der Waals surface area contributed by atoms with Gasteiger partial charge in [-0.25, -0.2) is 4.79 Å². The lowest BCUT2D eigenvalue weighted by molar-refractivity contribution is -0.132. The lowest BCUT2D eigenvalue weighted by atomic mass is 9.84. The monoisotopic (exact) mass is 483 g/mol. The van der Waals surface area contributed by atoms with Crippen LogP contribution in [0.2, 0.25) is 0 Å². The molecular weight excluding hydrogens is 470 g/mol. The fourth-order valence-corrected chi connectivity index (χ4v) is 4.48. The zero-order valence-electron chi connectivity index (χ0n) is 11.4. The summed E-state index contributed by atoms with van der Waals surface area (Å²) in [6, 6.07) is 0. The molecule has 0 aliphatic heterocycles. The van der Waals surface area contributed by atoms with E-state index in [4.69, 9.17) is 10.5 Å². The van der Waals surface area contributed by atoms with E-state index in [2.05, 4.69) is 54.4 Å². The highest BCUT2D eigenvalue weighted by molar-refractivity contribution is 9.12. The first kappa shape index (κ1) is 18.7. The third kappa shape index (κ3) is 4.31. The highest BCUT2D eigenvalue weighted by atomic mass is 79.9. The number of hydrogen-bond acceptors (Lipinski definition) is 3. The van der Waals surface area contributed by atoms with Gasteiger partial charge in [0, 0.05) is 23.7 Å². The number of carboxylic acids is 1. The molecule has 3 atom stereocenters. The minimum absolute atomic E-state index is 0.0621. The number of rotatable bonds is 5. The molecule has 4 nitrogen and oxygen atoms in total. The number of carboxylic acid groups (broad SMARTS) is 1. The van der Waals surface area contributed by atoms with Crippen LogP contribution in [0, 0.1) is 5.92 Å². The van der Waals surface area contributed by atoms with Crippen LogP contribution >= 0.6 is 47.8 Å². The Bertz CT molecular complexity index is 526. The van der Waals surface area contributed by atoms with E-state index in [1.54, 1.807) is 7.11 Å². The molecule has 1 rings (SSSR count). The van der Waals surface area contributed by atoms with Gasteiger partial charge in [0.05, 0.1) is 16.5 Å². The van der Waals surface area contributed by atoms with Gasteiger partial charge in [0.1, 0.15) is 0 Å². The molecule has 0 heterocycles. The number of carbonyl (C=O) groups is 1. The van der Waals surface area contributed by atoms with Crippen LogP contribution in [0.3, 0.4) is 0 Å². The molecule has 0 amide bonds. The molecule has 0 bridgehead atoms. The minimum Gasteiger partial charge on any atom is -0.478 e. The number of methoxy groups -OCH3 is 1. The quantitative estimate of drug-likeness (QED) is 0.353. The summed E-state index contributed by atoms with van der Waals surface area (Å²) in [6.45, 7) is 3.59. The molecule has 7 heteroatoms. The molecule has 0 aromatic rings. The van der Waals surface area contributed by atoms with Crippen LogP contribution in [-0.2, 0) is 9.53 Å². The number of allylic oxidation sites excluding steroid dienone is 3. The second-order valence-electron chi connectivity index (χ2n) is 4.41. The van der Waals surface area contributed by atoms with Crippen molar-refractivity contribution in [1.82, 2.24) is 0 Å². The van der Waals surface area contributed by atoms with Crippen molar-refractivity contribution in [3.63, 3.8) is 0 Å². The van der Waals surface area contributed by atoms with E-state index in [1.165, 1.54) is 12.3 Å². The SMILES string of the molecule is C=C/C(C(=O)O)=C(\C(Br)=C/N)[C@@H]1CC(OC)[C@H](Br)C=C1Br. The van der Waals surface area contributed by atoms with Crippen molar-refractivity contribution in [3.8, 4) is 0 Å². The maximum Gasteiger partial charge on any atom is 0.336 e. The maximum atomic E-state index is 11.5. The van der Waals surface area contributed by atoms with Gasteiger partial charge in [-0.05, 0) is 32.4 Å². The van der Waals surface area contributed by atoms with Crippen LogP contribution in [0.4, 0.5) is 0 Å². The van der Waals surface area contributed by atoms with E-state index in [0.717, 1.165) is 4.48 Å². The summed E-state index contributed by atoms with van der Waals surface area (Å²) in [6.07, 6.45) is 5.17. The second kappa shape index (κ2) is 8.31. The third-order valence-electron chi connectivity index (χ3n) is 3.25. The molecule has 21 heavy (non-hydrogen) atoms. The Kier molecular flexibility index (Phi) is 7.39. The van der Waals surface area contributed by atoms with Crippen molar-refractivity contribution in [2.75, 3.05) is 7.11 Å². The summed E-state index contributed by atoms with van der Waals surface area (Å²) in [5.41, 5.74) is 6.25. The van der Waals surface area contributed by atoms with Gasteiger partial charge in [0.2, 0.25) is 0 Å². The van der Waals surface area contributed by atoms with Crippen molar-refractivity contribution in [2.24, 2.45) is 11.7 Å². The number of hydrogen-bond donors (Lipinski definition) is 2. The molecule has 0 aromatic heterocycles. The summed E-state index contributed by atoms with van der Waals surface area (Å²) in [4.78, 5) is 11.5. The number of alkyl halides is 1. The van der Waals surface area contributed by atoms with Crippen LogP contribution in [0.25, 0.3) is 0 Å².